The predicted octanol–water partition coefficient (Wildman–Crippen LogP) is 4.35. The molecule has 0 aliphatic rings. The van der Waals surface area contributed by atoms with Crippen LogP contribution in [0.2, 0.25) is 5.02 Å². The van der Waals surface area contributed by atoms with Crippen LogP contribution in [-0.2, 0) is 10.0 Å². The van der Waals surface area contributed by atoms with E-state index in [0.717, 1.165) is 10.5 Å². The number of rotatable bonds is 5. The number of fused-ring (bicyclic) bond motifs is 1. The van der Waals surface area contributed by atoms with E-state index in [9.17, 15) is 12.8 Å². The van der Waals surface area contributed by atoms with Crippen LogP contribution in [-0.4, -0.2) is 30.5 Å². The number of hydrogen-bond donors (Lipinski definition) is 0. The van der Waals surface area contributed by atoms with Crippen molar-refractivity contribution in [3.63, 3.8) is 0 Å². The average molecular weight is 445 g/mol. The van der Waals surface area contributed by atoms with Crippen molar-refractivity contribution in [2.45, 2.75) is 4.90 Å². The van der Waals surface area contributed by atoms with Crippen molar-refractivity contribution in [1.82, 2.24) is 15.0 Å². The second-order valence-electron chi connectivity index (χ2n) is 6.16. The molecule has 30 heavy (non-hydrogen) atoms. The largest absolute Gasteiger partial charge is 0.494 e. The molecule has 0 aliphatic carbocycles. The molecule has 4 rings (SSSR count). The molecule has 0 atom stereocenters. The molecule has 2 aromatic carbocycles. The molecule has 0 saturated heterocycles. The molecular formula is C20H14ClFN4O3S. The van der Waals surface area contributed by atoms with Crippen LogP contribution in [0.4, 0.5) is 15.9 Å². The lowest BCUT2D eigenvalue weighted by atomic mass is 10.2. The lowest BCUT2D eigenvalue weighted by molar-refractivity contribution is 0.416. The van der Waals surface area contributed by atoms with Gasteiger partial charge in [-0.2, -0.15) is 0 Å². The summed E-state index contributed by atoms with van der Waals surface area (Å²) >= 11 is 6.04. The molecule has 0 bridgehead atoms. The minimum atomic E-state index is -4.23. The summed E-state index contributed by atoms with van der Waals surface area (Å²) in [4.78, 5) is 11.6. The fraction of sp³-hybridized carbons (Fsp3) is 0.0500. The summed E-state index contributed by atoms with van der Waals surface area (Å²) in [6.45, 7) is 0. The molecule has 4 aromatic rings. The van der Waals surface area contributed by atoms with Crippen LogP contribution in [0.1, 0.15) is 0 Å². The predicted molar refractivity (Wildman–Crippen MR) is 111 cm³/mol. The molecule has 0 aliphatic heterocycles. The van der Waals surface area contributed by atoms with Crippen LogP contribution < -0.4 is 9.04 Å². The van der Waals surface area contributed by atoms with E-state index < -0.39 is 15.8 Å². The first-order valence-electron chi connectivity index (χ1n) is 8.60. The molecule has 0 fully saturated rings. The number of anilines is 2. The SMILES string of the molecule is COc1cc(Cl)ccc1N(c1ccncn1)S(=O)(=O)c1ccc2cncc(F)c2c1. The van der Waals surface area contributed by atoms with Crippen LogP contribution in [0.3, 0.4) is 0 Å². The van der Waals surface area contributed by atoms with E-state index in [2.05, 4.69) is 15.0 Å². The normalized spacial score (nSPS) is 11.4. The Morgan fingerprint density at radius 1 is 1.07 bits per heavy atom. The van der Waals surface area contributed by atoms with Gasteiger partial charge in [-0.25, -0.2) is 27.1 Å². The summed E-state index contributed by atoms with van der Waals surface area (Å²) in [5.74, 6) is -0.316. The molecule has 0 spiro atoms. The van der Waals surface area contributed by atoms with Crippen LogP contribution in [0.15, 0.2) is 72.3 Å². The summed E-state index contributed by atoms with van der Waals surface area (Å²) in [5, 5.41) is 0.985. The maximum atomic E-state index is 14.2. The van der Waals surface area contributed by atoms with E-state index in [-0.39, 0.29) is 27.5 Å². The summed E-state index contributed by atoms with van der Waals surface area (Å²) in [5.41, 5.74) is 0.191. The zero-order valence-electron chi connectivity index (χ0n) is 15.5. The van der Waals surface area contributed by atoms with Gasteiger partial charge in [-0.1, -0.05) is 17.7 Å². The highest BCUT2D eigenvalue weighted by atomic mass is 35.5. The standard InChI is InChI=1S/C20H14ClFN4O3S/c1-29-19-8-14(21)3-5-18(19)26(20-6-7-23-12-25-20)30(27,28)15-4-2-13-10-24-11-17(22)16(13)9-15/h2-12H,1H3. The Labute approximate surface area is 176 Å². The Balaban J connectivity index is 1.97. The van der Waals surface area contributed by atoms with Gasteiger partial charge in [0.1, 0.15) is 23.6 Å². The van der Waals surface area contributed by atoms with Gasteiger partial charge < -0.3 is 4.74 Å². The number of methoxy groups -OCH3 is 1. The van der Waals surface area contributed by atoms with E-state index in [1.165, 1.54) is 68.3 Å². The number of halogens is 2. The fourth-order valence-corrected chi connectivity index (χ4v) is 4.62. The van der Waals surface area contributed by atoms with E-state index in [0.29, 0.717) is 10.4 Å². The van der Waals surface area contributed by atoms with Crippen LogP contribution in [0.25, 0.3) is 10.8 Å². The van der Waals surface area contributed by atoms with E-state index in [4.69, 9.17) is 16.3 Å². The minimum Gasteiger partial charge on any atom is -0.494 e. The minimum absolute atomic E-state index is 0.0842. The Morgan fingerprint density at radius 2 is 1.90 bits per heavy atom. The van der Waals surface area contributed by atoms with E-state index >= 15 is 0 Å². The molecule has 2 heterocycles. The Hall–Kier alpha value is -3.30. The van der Waals surface area contributed by atoms with Crippen molar-refractivity contribution in [3.8, 4) is 5.75 Å². The maximum Gasteiger partial charge on any atom is 0.270 e. The Kier molecular flexibility index (Phi) is 5.23. The van der Waals surface area contributed by atoms with Crippen LogP contribution in [0, 0.1) is 5.82 Å². The number of hydrogen-bond acceptors (Lipinski definition) is 6. The maximum absolute atomic E-state index is 14.2. The third kappa shape index (κ3) is 3.53. The van der Waals surface area contributed by atoms with Gasteiger partial charge in [0.25, 0.3) is 10.0 Å². The number of ether oxygens (including phenoxy) is 1. The monoisotopic (exact) mass is 444 g/mol. The summed E-state index contributed by atoms with van der Waals surface area (Å²) in [6, 6.07) is 10.1. The highest BCUT2D eigenvalue weighted by Crippen LogP contribution is 2.39. The van der Waals surface area contributed by atoms with Crippen molar-refractivity contribution in [3.05, 3.63) is 78.2 Å². The van der Waals surface area contributed by atoms with Crippen molar-refractivity contribution >= 4 is 43.9 Å². The molecule has 0 saturated carbocycles. The van der Waals surface area contributed by atoms with Gasteiger partial charge in [0.15, 0.2) is 5.82 Å². The van der Waals surface area contributed by atoms with Gasteiger partial charge in [0.2, 0.25) is 0 Å². The lowest BCUT2D eigenvalue weighted by Gasteiger charge is -2.25. The van der Waals surface area contributed by atoms with Crippen LogP contribution >= 0.6 is 11.6 Å². The molecule has 2 aromatic heterocycles. The van der Waals surface area contributed by atoms with Crippen molar-refractivity contribution in [2.24, 2.45) is 0 Å². The first-order chi connectivity index (χ1) is 14.4. The van der Waals surface area contributed by atoms with E-state index in [1.807, 2.05) is 0 Å². The summed E-state index contributed by atoms with van der Waals surface area (Å²) in [7, 11) is -2.83. The topological polar surface area (TPSA) is 85.3 Å². The van der Waals surface area contributed by atoms with Crippen molar-refractivity contribution in [2.75, 3.05) is 11.4 Å². The quantitative estimate of drug-likeness (QED) is 0.455. The van der Waals surface area contributed by atoms with Gasteiger partial charge in [-0.15, -0.1) is 0 Å². The Bertz CT molecular complexity index is 1340. The fourth-order valence-electron chi connectivity index (χ4n) is 2.97. The number of nitrogens with zero attached hydrogens (tertiary/aromatic N) is 4. The molecule has 152 valence electrons. The number of benzene rings is 2. The zero-order chi connectivity index (χ0) is 21.3. The van der Waals surface area contributed by atoms with Gasteiger partial charge in [-0.3, -0.25) is 4.98 Å². The summed E-state index contributed by atoms with van der Waals surface area (Å²) in [6.07, 6.45) is 5.13. The smallest absolute Gasteiger partial charge is 0.270 e. The zero-order valence-corrected chi connectivity index (χ0v) is 17.1. The summed E-state index contributed by atoms with van der Waals surface area (Å²) < 4.78 is 47.9. The van der Waals surface area contributed by atoms with Gasteiger partial charge >= 0.3 is 0 Å². The highest BCUT2D eigenvalue weighted by Gasteiger charge is 2.30. The highest BCUT2D eigenvalue weighted by molar-refractivity contribution is 7.93. The first kappa shape index (κ1) is 20.0. The number of aromatic nitrogens is 3. The molecule has 7 nitrogen and oxygen atoms in total. The van der Waals surface area contributed by atoms with Gasteiger partial charge in [-0.05, 0) is 24.3 Å². The third-order valence-corrected chi connectivity index (χ3v) is 6.31. The Morgan fingerprint density at radius 3 is 2.63 bits per heavy atom. The van der Waals surface area contributed by atoms with Crippen molar-refractivity contribution < 1.29 is 17.5 Å². The molecule has 0 N–H and O–H groups in total. The molecule has 0 unspecified atom stereocenters. The van der Waals surface area contributed by atoms with E-state index in [1.54, 1.807) is 0 Å². The molecule has 10 heteroatoms. The third-order valence-electron chi connectivity index (χ3n) is 4.36. The first-order valence-corrected chi connectivity index (χ1v) is 10.4. The van der Waals surface area contributed by atoms with Crippen molar-refractivity contribution in [1.29, 1.82) is 0 Å². The lowest BCUT2D eigenvalue weighted by Crippen LogP contribution is -2.27. The molecule has 0 radical (unpaired) electrons. The second-order valence-corrected chi connectivity index (χ2v) is 8.38. The van der Waals surface area contributed by atoms with Crippen LogP contribution in [0.5, 0.6) is 5.75 Å². The number of pyridine rings is 1. The van der Waals surface area contributed by atoms with Gasteiger partial charge in [0.05, 0.1) is 18.2 Å². The molecule has 0 amide bonds. The molecular weight excluding hydrogens is 431 g/mol. The van der Waals surface area contributed by atoms with Gasteiger partial charge in [0, 0.05) is 40.3 Å². The second kappa shape index (κ2) is 7.85. The average Bonchev–Trinajstić information content (AvgIpc) is 2.75. The number of sulfonamides is 1.